The zero-order chi connectivity index (χ0) is 9.14. The first-order chi connectivity index (χ1) is 5.65. The van der Waals surface area contributed by atoms with E-state index < -0.39 is 5.91 Å². The van der Waals surface area contributed by atoms with Crippen molar-refractivity contribution < 1.29 is 4.79 Å². The predicted octanol–water partition coefficient (Wildman–Crippen LogP) is 1.15. The molecule has 0 saturated carbocycles. The van der Waals surface area contributed by atoms with E-state index in [1.165, 1.54) is 11.3 Å². The smallest absolute Gasteiger partial charge is 0.279 e. The SMILES string of the molecule is CCC(C)c1nnc(C(N)=O)s1. The van der Waals surface area contributed by atoms with Crippen molar-refractivity contribution in [2.45, 2.75) is 26.2 Å². The van der Waals surface area contributed by atoms with Gasteiger partial charge in [-0.1, -0.05) is 25.2 Å². The van der Waals surface area contributed by atoms with Crippen LogP contribution >= 0.6 is 11.3 Å². The van der Waals surface area contributed by atoms with Gasteiger partial charge in [0.15, 0.2) is 0 Å². The minimum Gasteiger partial charge on any atom is -0.363 e. The third-order valence-electron chi connectivity index (χ3n) is 1.69. The lowest BCUT2D eigenvalue weighted by Gasteiger charge is -1.99. The van der Waals surface area contributed by atoms with Crippen LogP contribution in [0.15, 0.2) is 0 Å². The van der Waals surface area contributed by atoms with Gasteiger partial charge in [-0.15, -0.1) is 10.2 Å². The van der Waals surface area contributed by atoms with Gasteiger partial charge < -0.3 is 5.73 Å². The molecule has 0 radical (unpaired) electrons. The Balaban J connectivity index is 2.84. The maximum absolute atomic E-state index is 10.7. The zero-order valence-electron chi connectivity index (χ0n) is 7.07. The van der Waals surface area contributed by atoms with Gasteiger partial charge in [-0.25, -0.2) is 0 Å². The van der Waals surface area contributed by atoms with Crippen molar-refractivity contribution in [3.8, 4) is 0 Å². The van der Waals surface area contributed by atoms with Gasteiger partial charge >= 0.3 is 0 Å². The number of hydrogen-bond acceptors (Lipinski definition) is 4. The maximum Gasteiger partial charge on any atom is 0.279 e. The Morgan fingerprint density at radius 1 is 1.67 bits per heavy atom. The Hall–Kier alpha value is -0.970. The summed E-state index contributed by atoms with van der Waals surface area (Å²) in [6.45, 7) is 4.11. The summed E-state index contributed by atoms with van der Waals surface area (Å²) in [5.74, 6) is -0.141. The molecule has 1 aromatic rings. The Bertz CT molecular complexity index is 284. The molecule has 5 heteroatoms. The minimum atomic E-state index is -0.498. The molecule has 0 spiro atoms. The zero-order valence-corrected chi connectivity index (χ0v) is 7.89. The average molecular weight is 185 g/mol. The monoisotopic (exact) mass is 185 g/mol. The second kappa shape index (κ2) is 3.62. The van der Waals surface area contributed by atoms with Crippen LogP contribution in [0.2, 0.25) is 0 Å². The number of amides is 1. The fourth-order valence-corrected chi connectivity index (χ4v) is 1.54. The van der Waals surface area contributed by atoms with Crippen LogP contribution in [-0.2, 0) is 0 Å². The summed E-state index contributed by atoms with van der Waals surface area (Å²) in [6.07, 6.45) is 0.993. The molecule has 1 rings (SSSR count). The fraction of sp³-hybridized carbons (Fsp3) is 0.571. The summed E-state index contributed by atoms with van der Waals surface area (Å²) in [5.41, 5.74) is 5.04. The lowest BCUT2D eigenvalue weighted by molar-refractivity contribution is 0.0999. The summed E-state index contributed by atoms with van der Waals surface area (Å²) in [7, 11) is 0. The third kappa shape index (κ3) is 1.79. The molecule has 1 unspecified atom stereocenters. The van der Waals surface area contributed by atoms with E-state index in [1.807, 2.05) is 6.92 Å². The van der Waals surface area contributed by atoms with Crippen LogP contribution in [0.1, 0.15) is 41.0 Å². The lowest BCUT2D eigenvalue weighted by atomic mass is 10.1. The van der Waals surface area contributed by atoms with Crippen molar-refractivity contribution in [2.24, 2.45) is 5.73 Å². The molecule has 66 valence electrons. The van der Waals surface area contributed by atoms with E-state index >= 15 is 0 Å². The van der Waals surface area contributed by atoms with Gasteiger partial charge in [-0.05, 0) is 6.42 Å². The molecule has 0 fully saturated rings. The van der Waals surface area contributed by atoms with Gasteiger partial charge in [0, 0.05) is 5.92 Å². The van der Waals surface area contributed by atoms with E-state index in [-0.39, 0.29) is 0 Å². The Labute approximate surface area is 74.8 Å². The Kier molecular flexibility index (Phi) is 2.75. The van der Waals surface area contributed by atoms with Crippen molar-refractivity contribution in [1.82, 2.24) is 10.2 Å². The molecule has 0 saturated heterocycles. The number of primary amides is 1. The van der Waals surface area contributed by atoms with E-state index in [9.17, 15) is 4.79 Å². The predicted molar refractivity (Wildman–Crippen MR) is 47.1 cm³/mol. The maximum atomic E-state index is 10.7. The third-order valence-corrected chi connectivity index (χ3v) is 2.85. The van der Waals surface area contributed by atoms with Crippen molar-refractivity contribution >= 4 is 17.2 Å². The van der Waals surface area contributed by atoms with E-state index in [2.05, 4.69) is 17.1 Å². The lowest BCUT2D eigenvalue weighted by Crippen LogP contribution is -2.10. The first kappa shape index (κ1) is 9.12. The number of carbonyl (C=O) groups is 1. The van der Waals surface area contributed by atoms with Crippen LogP contribution in [0.5, 0.6) is 0 Å². The number of hydrogen-bond donors (Lipinski definition) is 1. The highest BCUT2D eigenvalue weighted by Gasteiger charge is 2.12. The molecule has 0 aliphatic carbocycles. The molecule has 2 N–H and O–H groups in total. The van der Waals surface area contributed by atoms with E-state index in [0.29, 0.717) is 10.9 Å². The van der Waals surface area contributed by atoms with Crippen LogP contribution in [0.4, 0.5) is 0 Å². The van der Waals surface area contributed by atoms with Crippen LogP contribution in [0.25, 0.3) is 0 Å². The summed E-state index contributed by atoms with van der Waals surface area (Å²) in [6, 6.07) is 0. The molecular weight excluding hydrogens is 174 g/mol. The highest BCUT2D eigenvalue weighted by Crippen LogP contribution is 2.21. The van der Waals surface area contributed by atoms with Gasteiger partial charge in [0.05, 0.1) is 0 Å². The molecule has 0 bridgehead atoms. The highest BCUT2D eigenvalue weighted by atomic mass is 32.1. The summed E-state index contributed by atoms with van der Waals surface area (Å²) < 4.78 is 0. The van der Waals surface area contributed by atoms with Crippen LogP contribution < -0.4 is 5.73 Å². The molecule has 0 aromatic carbocycles. The largest absolute Gasteiger partial charge is 0.363 e. The molecule has 12 heavy (non-hydrogen) atoms. The van der Waals surface area contributed by atoms with E-state index in [4.69, 9.17) is 5.73 Å². The van der Waals surface area contributed by atoms with Crippen LogP contribution in [-0.4, -0.2) is 16.1 Å². The first-order valence-electron chi connectivity index (χ1n) is 3.78. The molecule has 1 atom stereocenters. The van der Waals surface area contributed by atoms with Gasteiger partial charge in [0.2, 0.25) is 5.01 Å². The molecule has 0 aliphatic rings. The summed E-state index contributed by atoms with van der Waals surface area (Å²) in [4.78, 5) is 10.7. The second-order valence-corrected chi connectivity index (χ2v) is 3.63. The molecule has 1 aromatic heterocycles. The first-order valence-corrected chi connectivity index (χ1v) is 4.60. The fourth-order valence-electron chi connectivity index (χ4n) is 0.708. The Morgan fingerprint density at radius 3 is 2.75 bits per heavy atom. The van der Waals surface area contributed by atoms with Crippen molar-refractivity contribution in [1.29, 1.82) is 0 Å². The van der Waals surface area contributed by atoms with Crippen LogP contribution in [0.3, 0.4) is 0 Å². The topological polar surface area (TPSA) is 68.9 Å². The van der Waals surface area contributed by atoms with Gasteiger partial charge in [0.25, 0.3) is 5.91 Å². The standard InChI is InChI=1S/C7H11N3OS/c1-3-4(2)6-9-10-7(12-6)5(8)11/h4H,3H2,1-2H3,(H2,8,11). The number of nitrogens with zero attached hydrogens (tertiary/aromatic N) is 2. The highest BCUT2D eigenvalue weighted by molar-refractivity contribution is 7.13. The molecule has 1 amide bonds. The van der Waals surface area contributed by atoms with E-state index in [1.54, 1.807) is 0 Å². The number of rotatable bonds is 3. The van der Waals surface area contributed by atoms with Gasteiger partial charge in [-0.2, -0.15) is 0 Å². The van der Waals surface area contributed by atoms with Crippen molar-refractivity contribution in [2.75, 3.05) is 0 Å². The quantitative estimate of drug-likeness (QED) is 0.768. The van der Waals surface area contributed by atoms with Crippen LogP contribution in [0, 0.1) is 0 Å². The molecule has 0 aliphatic heterocycles. The molecular formula is C7H11N3OS. The molecule has 1 heterocycles. The van der Waals surface area contributed by atoms with Gasteiger partial charge in [0.1, 0.15) is 5.01 Å². The van der Waals surface area contributed by atoms with Crippen molar-refractivity contribution in [3.63, 3.8) is 0 Å². The average Bonchev–Trinajstić information content (AvgIpc) is 2.51. The summed E-state index contributed by atoms with van der Waals surface area (Å²) >= 11 is 1.28. The second-order valence-electron chi connectivity index (χ2n) is 2.62. The number of carbonyl (C=O) groups excluding carboxylic acids is 1. The van der Waals surface area contributed by atoms with E-state index in [0.717, 1.165) is 11.4 Å². The van der Waals surface area contributed by atoms with Crippen molar-refractivity contribution in [3.05, 3.63) is 10.0 Å². The normalized spacial score (nSPS) is 12.8. The van der Waals surface area contributed by atoms with Gasteiger partial charge in [-0.3, -0.25) is 4.79 Å². The minimum absolute atomic E-state index is 0.297. The molecule has 4 nitrogen and oxygen atoms in total. The number of nitrogens with two attached hydrogens (primary N) is 1. The summed E-state index contributed by atoms with van der Waals surface area (Å²) in [5, 5.41) is 8.73. The Morgan fingerprint density at radius 2 is 2.33 bits per heavy atom. The number of aromatic nitrogens is 2.